The maximum Gasteiger partial charge on any atom is 0.218 e. The zero-order chi connectivity index (χ0) is 8.54. The normalized spacial score (nSPS) is 25.1. The standard InChI is InChI=1S/C6H9Cl3O2/c7-6(8,9)5(10)1-3-11-4-2-5/h10H,1-4H2. The van der Waals surface area contributed by atoms with Crippen molar-refractivity contribution in [3.05, 3.63) is 0 Å². The Kier molecular flexibility index (Phi) is 2.93. The molecular formula is C6H9Cl3O2. The molecule has 0 spiro atoms. The topological polar surface area (TPSA) is 29.5 Å². The van der Waals surface area contributed by atoms with Gasteiger partial charge in [0.2, 0.25) is 3.79 Å². The molecule has 1 rings (SSSR count). The van der Waals surface area contributed by atoms with Gasteiger partial charge in [0.15, 0.2) is 0 Å². The minimum atomic E-state index is -1.60. The number of hydrogen-bond acceptors (Lipinski definition) is 2. The molecule has 0 aromatic rings. The second kappa shape index (κ2) is 3.27. The maximum absolute atomic E-state index is 9.73. The molecule has 0 atom stereocenters. The summed E-state index contributed by atoms with van der Waals surface area (Å²) in [5.41, 5.74) is -1.21. The van der Waals surface area contributed by atoms with Crippen molar-refractivity contribution >= 4 is 34.8 Å². The van der Waals surface area contributed by atoms with Gasteiger partial charge in [0.25, 0.3) is 0 Å². The number of halogens is 3. The molecule has 0 amide bonds. The summed E-state index contributed by atoms with van der Waals surface area (Å²) in [5.74, 6) is 0. The van der Waals surface area contributed by atoms with Crippen molar-refractivity contribution in [2.75, 3.05) is 13.2 Å². The third-order valence-corrected chi connectivity index (χ3v) is 2.90. The van der Waals surface area contributed by atoms with E-state index in [0.717, 1.165) is 0 Å². The zero-order valence-corrected chi connectivity index (χ0v) is 8.09. The van der Waals surface area contributed by atoms with Gasteiger partial charge in [-0.05, 0) is 0 Å². The zero-order valence-electron chi connectivity index (χ0n) is 5.82. The van der Waals surface area contributed by atoms with Crippen LogP contribution in [0, 0.1) is 0 Å². The Balaban J connectivity index is 2.64. The average molecular weight is 219 g/mol. The first-order chi connectivity index (χ1) is 4.96. The maximum atomic E-state index is 9.73. The van der Waals surface area contributed by atoms with E-state index in [1.807, 2.05) is 0 Å². The van der Waals surface area contributed by atoms with Crippen molar-refractivity contribution in [2.45, 2.75) is 22.2 Å². The molecule has 1 aliphatic heterocycles. The first kappa shape index (κ1) is 9.87. The SMILES string of the molecule is OC1(C(Cl)(Cl)Cl)CCOCC1. The Morgan fingerprint density at radius 2 is 1.64 bits per heavy atom. The summed E-state index contributed by atoms with van der Waals surface area (Å²) in [4.78, 5) is 0. The van der Waals surface area contributed by atoms with Crippen LogP contribution < -0.4 is 0 Å². The summed E-state index contributed by atoms with van der Waals surface area (Å²) in [7, 11) is 0. The van der Waals surface area contributed by atoms with Gasteiger partial charge in [-0.25, -0.2) is 0 Å². The third-order valence-electron chi connectivity index (χ3n) is 1.85. The van der Waals surface area contributed by atoms with Crippen molar-refractivity contribution in [3.63, 3.8) is 0 Å². The fourth-order valence-corrected chi connectivity index (χ4v) is 1.56. The summed E-state index contributed by atoms with van der Waals surface area (Å²) in [5, 5.41) is 9.73. The second-order valence-electron chi connectivity index (χ2n) is 2.64. The highest BCUT2D eigenvalue weighted by Gasteiger charge is 2.47. The highest BCUT2D eigenvalue weighted by molar-refractivity contribution is 6.68. The summed E-state index contributed by atoms with van der Waals surface area (Å²) in [6, 6.07) is 0. The largest absolute Gasteiger partial charge is 0.385 e. The van der Waals surface area contributed by atoms with Gasteiger partial charge >= 0.3 is 0 Å². The van der Waals surface area contributed by atoms with E-state index in [1.54, 1.807) is 0 Å². The van der Waals surface area contributed by atoms with Crippen molar-refractivity contribution in [1.82, 2.24) is 0 Å². The van der Waals surface area contributed by atoms with E-state index in [4.69, 9.17) is 39.5 Å². The lowest BCUT2D eigenvalue weighted by molar-refractivity contribution is -0.0605. The molecule has 11 heavy (non-hydrogen) atoms. The molecule has 0 aromatic heterocycles. The van der Waals surface area contributed by atoms with Crippen LogP contribution in [0.2, 0.25) is 0 Å². The van der Waals surface area contributed by atoms with E-state index in [0.29, 0.717) is 26.1 Å². The molecule has 0 bridgehead atoms. The van der Waals surface area contributed by atoms with Crippen molar-refractivity contribution in [3.8, 4) is 0 Å². The molecule has 1 saturated heterocycles. The molecule has 0 radical (unpaired) electrons. The second-order valence-corrected chi connectivity index (χ2v) is 4.92. The van der Waals surface area contributed by atoms with E-state index in [1.165, 1.54) is 0 Å². The molecule has 2 nitrogen and oxygen atoms in total. The molecule has 0 unspecified atom stereocenters. The van der Waals surface area contributed by atoms with Crippen LogP contribution in [0.4, 0.5) is 0 Å². The lowest BCUT2D eigenvalue weighted by Gasteiger charge is -2.37. The summed E-state index contributed by atoms with van der Waals surface area (Å²) in [6.07, 6.45) is 0.757. The highest BCUT2D eigenvalue weighted by Crippen LogP contribution is 2.43. The Bertz CT molecular complexity index is 137. The van der Waals surface area contributed by atoms with Gasteiger partial charge in [-0.3, -0.25) is 0 Å². The van der Waals surface area contributed by atoms with Crippen LogP contribution in [0.25, 0.3) is 0 Å². The molecule has 0 saturated carbocycles. The molecule has 5 heteroatoms. The molecule has 0 aliphatic carbocycles. The monoisotopic (exact) mass is 218 g/mol. The molecule has 1 heterocycles. The van der Waals surface area contributed by atoms with Crippen LogP contribution in [-0.2, 0) is 4.74 Å². The fourth-order valence-electron chi connectivity index (χ4n) is 0.993. The Labute approximate surface area is 80.4 Å². The number of hydrogen-bond donors (Lipinski definition) is 1. The minimum Gasteiger partial charge on any atom is -0.385 e. The van der Waals surface area contributed by atoms with Gasteiger partial charge in [-0.2, -0.15) is 0 Å². The lowest BCUT2D eigenvalue weighted by Crippen LogP contribution is -2.47. The van der Waals surface area contributed by atoms with E-state index in [-0.39, 0.29) is 0 Å². The first-order valence-electron chi connectivity index (χ1n) is 3.33. The predicted octanol–water partition coefficient (Wildman–Crippen LogP) is 1.90. The summed E-state index contributed by atoms with van der Waals surface area (Å²) in [6.45, 7) is 0.898. The van der Waals surface area contributed by atoms with Crippen LogP contribution in [0.15, 0.2) is 0 Å². The molecule has 1 aliphatic rings. The fraction of sp³-hybridized carbons (Fsp3) is 1.00. The molecule has 1 fully saturated rings. The predicted molar refractivity (Wildman–Crippen MR) is 45.3 cm³/mol. The molecule has 66 valence electrons. The van der Waals surface area contributed by atoms with Crippen molar-refractivity contribution < 1.29 is 9.84 Å². The van der Waals surface area contributed by atoms with Crippen LogP contribution in [-0.4, -0.2) is 27.7 Å². The van der Waals surface area contributed by atoms with Gasteiger partial charge in [0.05, 0.1) is 0 Å². The van der Waals surface area contributed by atoms with E-state index in [9.17, 15) is 5.11 Å². The van der Waals surface area contributed by atoms with Crippen LogP contribution in [0.5, 0.6) is 0 Å². The van der Waals surface area contributed by atoms with E-state index >= 15 is 0 Å². The van der Waals surface area contributed by atoms with Crippen LogP contribution in [0.1, 0.15) is 12.8 Å². The number of alkyl halides is 3. The van der Waals surface area contributed by atoms with Crippen molar-refractivity contribution in [2.24, 2.45) is 0 Å². The summed E-state index contributed by atoms with van der Waals surface area (Å²) >= 11 is 16.7. The third kappa shape index (κ3) is 2.13. The quantitative estimate of drug-likeness (QED) is 0.631. The van der Waals surface area contributed by atoms with E-state index in [2.05, 4.69) is 0 Å². The molecule has 0 aromatic carbocycles. The highest BCUT2D eigenvalue weighted by atomic mass is 35.6. The molecular weight excluding hydrogens is 210 g/mol. The van der Waals surface area contributed by atoms with Crippen LogP contribution >= 0.6 is 34.8 Å². The van der Waals surface area contributed by atoms with Crippen molar-refractivity contribution in [1.29, 1.82) is 0 Å². The molecule has 1 N–H and O–H groups in total. The Hall–Kier alpha value is 0.790. The van der Waals surface area contributed by atoms with Gasteiger partial charge in [-0.1, -0.05) is 34.8 Å². The van der Waals surface area contributed by atoms with Gasteiger partial charge in [0.1, 0.15) is 5.60 Å². The number of aliphatic hydroxyl groups is 1. The van der Waals surface area contributed by atoms with Gasteiger partial charge < -0.3 is 9.84 Å². The first-order valence-corrected chi connectivity index (χ1v) is 4.46. The minimum absolute atomic E-state index is 0.378. The number of rotatable bonds is 0. The Morgan fingerprint density at radius 1 is 1.18 bits per heavy atom. The lowest BCUT2D eigenvalue weighted by atomic mass is 9.96. The Morgan fingerprint density at radius 3 is 1.91 bits per heavy atom. The number of ether oxygens (including phenoxy) is 1. The van der Waals surface area contributed by atoms with Gasteiger partial charge in [-0.15, -0.1) is 0 Å². The van der Waals surface area contributed by atoms with Crippen LogP contribution in [0.3, 0.4) is 0 Å². The summed E-state index contributed by atoms with van der Waals surface area (Å²) < 4.78 is 3.42. The van der Waals surface area contributed by atoms with E-state index < -0.39 is 9.39 Å². The average Bonchev–Trinajstić information content (AvgIpc) is 1.87. The smallest absolute Gasteiger partial charge is 0.218 e. The van der Waals surface area contributed by atoms with Gasteiger partial charge in [0, 0.05) is 26.1 Å².